The van der Waals surface area contributed by atoms with E-state index >= 15 is 0 Å². The van der Waals surface area contributed by atoms with Gasteiger partial charge in [-0.05, 0) is 12.1 Å². The van der Waals surface area contributed by atoms with Crippen molar-refractivity contribution >= 4 is 16.9 Å². The summed E-state index contributed by atoms with van der Waals surface area (Å²) in [6, 6.07) is 13.1. The summed E-state index contributed by atoms with van der Waals surface area (Å²) >= 11 is 0. The van der Waals surface area contributed by atoms with E-state index in [-0.39, 0.29) is 22.5 Å². The predicted molar refractivity (Wildman–Crippen MR) is 109 cm³/mol. The molecular weight excluding hydrogens is 424 g/mol. The van der Waals surface area contributed by atoms with Crippen LogP contribution >= 0.6 is 0 Å². The molecule has 1 fully saturated rings. The molecule has 1 aromatic heterocycles. The van der Waals surface area contributed by atoms with Gasteiger partial charge in [-0.15, -0.1) is 0 Å². The fourth-order valence-corrected chi connectivity index (χ4v) is 3.44. The number of rotatable bonds is 5. The number of methoxy groups -OCH3 is 1. The minimum atomic E-state index is -1.89. The molecule has 4 rings (SSSR count). The van der Waals surface area contributed by atoms with E-state index in [1.807, 2.05) is 0 Å². The zero-order valence-corrected chi connectivity index (χ0v) is 16.7. The van der Waals surface area contributed by atoms with E-state index in [0.717, 1.165) is 0 Å². The number of carboxylic acid groups (broad SMARTS) is 1. The van der Waals surface area contributed by atoms with E-state index in [1.165, 1.54) is 19.2 Å². The second-order valence-electron chi connectivity index (χ2n) is 7.17. The molecule has 3 aromatic rings. The standard InChI is InChI=1S/C22H20O10/c1-29-11-7-8-12-13(9-11)30-18(10-5-3-2-4-6-10)19(14(12)23)31-22-17(26)15(24)16(25)20(32-22)21(27)28/h2-9,15-17,20,22,24-26H,1H3,(H,27,28)/t15-,16-,17+,20-,22?/m0/s1. The molecule has 32 heavy (non-hydrogen) atoms. The van der Waals surface area contributed by atoms with Gasteiger partial charge in [0, 0.05) is 11.6 Å². The van der Waals surface area contributed by atoms with E-state index in [2.05, 4.69) is 0 Å². The molecule has 1 saturated heterocycles. The Morgan fingerprint density at radius 2 is 1.72 bits per heavy atom. The monoisotopic (exact) mass is 444 g/mol. The average Bonchev–Trinajstić information content (AvgIpc) is 2.80. The first kappa shape index (κ1) is 21.8. The molecule has 0 bridgehead atoms. The van der Waals surface area contributed by atoms with Gasteiger partial charge in [-0.2, -0.15) is 0 Å². The summed E-state index contributed by atoms with van der Waals surface area (Å²) in [6.45, 7) is 0. The number of aliphatic hydroxyl groups is 3. The molecule has 1 unspecified atom stereocenters. The highest BCUT2D eigenvalue weighted by atomic mass is 16.7. The molecule has 0 saturated carbocycles. The van der Waals surface area contributed by atoms with Gasteiger partial charge >= 0.3 is 5.97 Å². The lowest BCUT2D eigenvalue weighted by Crippen LogP contribution is -2.61. The van der Waals surface area contributed by atoms with E-state index < -0.39 is 42.1 Å². The van der Waals surface area contributed by atoms with Gasteiger partial charge in [-0.1, -0.05) is 30.3 Å². The normalized spacial score (nSPS) is 25.4. The van der Waals surface area contributed by atoms with Crippen LogP contribution in [0.25, 0.3) is 22.3 Å². The van der Waals surface area contributed by atoms with Gasteiger partial charge in [-0.3, -0.25) is 4.79 Å². The van der Waals surface area contributed by atoms with Crippen LogP contribution in [0.4, 0.5) is 0 Å². The first-order valence-electron chi connectivity index (χ1n) is 9.61. The summed E-state index contributed by atoms with van der Waals surface area (Å²) in [7, 11) is 1.47. The van der Waals surface area contributed by atoms with Crippen LogP contribution in [-0.4, -0.2) is 64.2 Å². The average molecular weight is 444 g/mol. The summed E-state index contributed by atoms with van der Waals surface area (Å²) in [5, 5.41) is 39.6. The van der Waals surface area contributed by atoms with Crippen molar-refractivity contribution in [2.24, 2.45) is 0 Å². The number of fused-ring (bicyclic) bond motifs is 1. The molecular formula is C22H20O10. The van der Waals surface area contributed by atoms with Crippen molar-refractivity contribution < 1.29 is 43.8 Å². The second-order valence-corrected chi connectivity index (χ2v) is 7.17. The maximum Gasteiger partial charge on any atom is 0.335 e. The van der Waals surface area contributed by atoms with Gasteiger partial charge in [0.05, 0.1) is 12.5 Å². The highest BCUT2D eigenvalue weighted by Crippen LogP contribution is 2.34. The van der Waals surface area contributed by atoms with Crippen molar-refractivity contribution in [3.8, 4) is 22.8 Å². The number of aliphatic hydroxyl groups excluding tert-OH is 3. The first-order valence-corrected chi connectivity index (χ1v) is 9.61. The highest BCUT2D eigenvalue weighted by molar-refractivity contribution is 5.83. The van der Waals surface area contributed by atoms with Gasteiger partial charge in [0.25, 0.3) is 0 Å². The van der Waals surface area contributed by atoms with Crippen molar-refractivity contribution in [2.45, 2.75) is 30.7 Å². The third-order valence-electron chi connectivity index (χ3n) is 5.14. The molecule has 2 heterocycles. The lowest BCUT2D eigenvalue weighted by molar-refractivity contribution is -0.271. The topological polar surface area (TPSA) is 156 Å². The van der Waals surface area contributed by atoms with Crippen molar-refractivity contribution in [1.29, 1.82) is 0 Å². The largest absolute Gasteiger partial charge is 0.497 e. The van der Waals surface area contributed by atoms with E-state index in [9.17, 15) is 30.0 Å². The minimum Gasteiger partial charge on any atom is -0.497 e. The van der Waals surface area contributed by atoms with Crippen LogP contribution in [0.1, 0.15) is 0 Å². The Bertz CT molecular complexity index is 1190. The molecule has 168 valence electrons. The third kappa shape index (κ3) is 3.80. The number of carbonyl (C=O) groups is 1. The summed E-state index contributed by atoms with van der Waals surface area (Å²) in [6.07, 6.45) is -9.26. The van der Waals surface area contributed by atoms with Crippen molar-refractivity contribution in [1.82, 2.24) is 0 Å². The summed E-state index contributed by atoms with van der Waals surface area (Å²) in [5.41, 5.74) is 0.0607. The zero-order valence-electron chi connectivity index (χ0n) is 16.7. The highest BCUT2D eigenvalue weighted by Gasteiger charge is 2.48. The fraction of sp³-hybridized carbons (Fsp3) is 0.273. The van der Waals surface area contributed by atoms with Crippen LogP contribution in [-0.2, 0) is 9.53 Å². The predicted octanol–water partition coefficient (Wildman–Crippen LogP) is 0.740. The lowest BCUT2D eigenvalue weighted by atomic mass is 9.99. The maximum absolute atomic E-state index is 13.3. The molecule has 10 nitrogen and oxygen atoms in total. The van der Waals surface area contributed by atoms with Gasteiger partial charge < -0.3 is 39.1 Å². The van der Waals surface area contributed by atoms with Crippen molar-refractivity contribution in [3.05, 3.63) is 58.8 Å². The number of aliphatic carboxylic acids is 1. The molecule has 0 amide bonds. The fourth-order valence-electron chi connectivity index (χ4n) is 3.44. The number of carboxylic acids is 1. The van der Waals surface area contributed by atoms with Gasteiger partial charge in [0.15, 0.2) is 11.9 Å². The molecule has 5 atom stereocenters. The Labute approximate surface area is 180 Å². The van der Waals surface area contributed by atoms with Crippen LogP contribution in [0.5, 0.6) is 11.5 Å². The van der Waals surface area contributed by atoms with Crippen LogP contribution in [0.15, 0.2) is 57.7 Å². The Kier molecular flexibility index (Phi) is 5.85. The van der Waals surface area contributed by atoms with E-state index in [4.69, 9.17) is 18.6 Å². The van der Waals surface area contributed by atoms with E-state index in [1.54, 1.807) is 36.4 Å². The number of hydrogen-bond acceptors (Lipinski definition) is 9. The van der Waals surface area contributed by atoms with Gasteiger partial charge in [-0.25, -0.2) is 4.79 Å². The number of benzene rings is 2. The molecule has 10 heteroatoms. The van der Waals surface area contributed by atoms with Crippen LogP contribution in [0.3, 0.4) is 0 Å². The zero-order chi connectivity index (χ0) is 23.0. The SMILES string of the molecule is COc1ccc2c(=O)c(OC3O[C@H](C(=O)O)[C@@H](O)[C@H](O)[C@H]3O)c(-c3ccccc3)oc2c1. The molecule has 4 N–H and O–H groups in total. The Balaban J connectivity index is 1.85. The second kappa shape index (κ2) is 8.60. The molecule has 1 aliphatic heterocycles. The molecule has 2 aromatic carbocycles. The van der Waals surface area contributed by atoms with Crippen LogP contribution in [0, 0.1) is 0 Å². The minimum absolute atomic E-state index is 0.000334. The summed E-state index contributed by atoms with van der Waals surface area (Å²) < 4.78 is 21.9. The number of ether oxygens (including phenoxy) is 3. The van der Waals surface area contributed by atoms with Crippen LogP contribution in [0.2, 0.25) is 0 Å². The van der Waals surface area contributed by atoms with Gasteiger partial charge in [0.2, 0.25) is 17.5 Å². The molecule has 0 radical (unpaired) electrons. The summed E-state index contributed by atoms with van der Waals surface area (Å²) in [4.78, 5) is 24.7. The van der Waals surface area contributed by atoms with Crippen LogP contribution < -0.4 is 14.9 Å². The summed E-state index contributed by atoms with van der Waals surface area (Å²) in [5.74, 6) is -1.47. The van der Waals surface area contributed by atoms with Crippen molar-refractivity contribution in [2.75, 3.05) is 7.11 Å². The third-order valence-corrected chi connectivity index (χ3v) is 5.14. The maximum atomic E-state index is 13.3. The lowest BCUT2D eigenvalue weighted by Gasteiger charge is -2.38. The number of hydrogen-bond donors (Lipinski definition) is 4. The first-order chi connectivity index (χ1) is 15.3. The molecule has 0 aliphatic carbocycles. The van der Waals surface area contributed by atoms with Crippen molar-refractivity contribution in [3.63, 3.8) is 0 Å². The Hall–Kier alpha value is -3.44. The van der Waals surface area contributed by atoms with E-state index in [0.29, 0.717) is 11.3 Å². The Morgan fingerprint density at radius 3 is 2.38 bits per heavy atom. The Morgan fingerprint density at radius 1 is 1.00 bits per heavy atom. The molecule has 1 aliphatic rings. The van der Waals surface area contributed by atoms with Gasteiger partial charge in [0.1, 0.15) is 29.6 Å². The molecule has 0 spiro atoms. The smallest absolute Gasteiger partial charge is 0.335 e. The quantitative estimate of drug-likeness (QED) is 0.443.